The summed E-state index contributed by atoms with van der Waals surface area (Å²) in [6.07, 6.45) is 2.06. The van der Waals surface area contributed by atoms with Gasteiger partial charge in [0.1, 0.15) is 5.82 Å². The van der Waals surface area contributed by atoms with Gasteiger partial charge < -0.3 is 4.90 Å². The van der Waals surface area contributed by atoms with Gasteiger partial charge in [0.05, 0.1) is 0 Å². The van der Waals surface area contributed by atoms with Crippen molar-refractivity contribution in [3.63, 3.8) is 0 Å². The van der Waals surface area contributed by atoms with Crippen molar-refractivity contribution in [2.45, 2.75) is 39.7 Å². The summed E-state index contributed by atoms with van der Waals surface area (Å²) in [4.78, 5) is 6.84. The average Bonchev–Trinajstić information content (AvgIpc) is 2.66. The molecule has 0 fully saturated rings. The van der Waals surface area contributed by atoms with Gasteiger partial charge in [-0.2, -0.15) is 4.37 Å². The second-order valence-electron chi connectivity index (χ2n) is 3.68. The number of anilines is 1. The third-order valence-electron chi connectivity index (χ3n) is 2.18. The Bertz CT molecular complexity index is 288. The van der Waals surface area contributed by atoms with Crippen LogP contribution in [0.4, 0.5) is 5.13 Å². The molecule has 0 aliphatic carbocycles. The van der Waals surface area contributed by atoms with E-state index in [0.717, 1.165) is 35.7 Å². The van der Waals surface area contributed by atoms with E-state index in [0.29, 0.717) is 6.04 Å². The molecule has 0 aromatic carbocycles. The molecule has 1 heterocycles. The van der Waals surface area contributed by atoms with E-state index in [1.807, 2.05) is 0 Å². The molecule has 0 atom stereocenters. The molecule has 86 valence electrons. The number of aryl methyl sites for hydroxylation is 1. The van der Waals surface area contributed by atoms with Gasteiger partial charge in [0.2, 0.25) is 5.13 Å². The molecule has 0 spiro atoms. The van der Waals surface area contributed by atoms with Gasteiger partial charge in [0.25, 0.3) is 0 Å². The van der Waals surface area contributed by atoms with E-state index in [-0.39, 0.29) is 0 Å². The molecule has 15 heavy (non-hydrogen) atoms. The quantitative estimate of drug-likeness (QED) is 0.754. The van der Waals surface area contributed by atoms with Gasteiger partial charge in [-0.25, -0.2) is 4.98 Å². The van der Waals surface area contributed by atoms with Gasteiger partial charge in [0, 0.05) is 35.9 Å². The zero-order chi connectivity index (χ0) is 11.3. The molecule has 0 amide bonds. The molecule has 1 rings (SSSR count). The number of alkyl halides is 1. The van der Waals surface area contributed by atoms with Crippen LogP contribution in [0, 0.1) is 0 Å². The first kappa shape index (κ1) is 12.9. The maximum Gasteiger partial charge on any atom is 0.205 e. The minimum Gasteiger partial charge on any atom is -0.344 e. The standard InChI is InChI=1S/C10H18BrN3S/c1-4-9-12-10(15-13-9)14(8(2)3)7-5-6-11/h8H,4-7H2,1-3H3. The largest absolute Gasteiger partial charge is 0.344 e. The Balaban J connectivity index is 2.70. The first-order valence-electron chi connectivity index (χ1n) is 5.34. The second-order valence-corrected chi connectivity index (χ2v) is 5.20. The Morgan fingerprint density at radius 1 is 1.47 bits per heavy atom. The normalized spacial score (nSPS) is 11.0. The Kier molecular flexibility index (Phi) is 5.53. The summed E-state index contributed by atoms with van der Waals surface area (Å²) in [6, 6.07) is 0.488. The highest BCUT2D eigenvalue weighted by Crippen LogP contribution is 2.20. The molecular weight excluding hydrogens is 274 g/mol. The monoisotopic (exact) mass is 291 g/mol. The summed E-state index contributed by atoms with van der Waals surface area (Å²) < 4.78 is 4.32. The first-order chi connectivity index (χ1) is 7.19. The molecule has 5 heteroatoms. The van der Waals surface area contributed by atoms with Crippen LogP contribution in [0.2, 0.25) is 0 Å². The van der Waals surface area contributed by atoms with Gasteiger partial charge in [-0.05, 0) is 20.3 Å². The van der Waals surface area contributed by atoms with E-state index in [4.69, 9.17) is 0 Å². The number of hydrogen-bond donors (Lipinski definition) is 0. The van der Waals surface area contributed by atoms with Crippen LogP contribution in [0.1, 0.15) is 33.0 Å². The summed E-state index contributed by atoms with van der Waals surface area (Å²) in [5, 5.41) is 2.10. The fraction of sp³-hybridized carbons (Fsp3) is 0.800. The molecule has 1 aromatic heterocycles. The number of rotatable bonds is 6. The molecule has 0 bridgehead atoms. The molecule has 3 nitrogen and oxygen atoms in total. The van der Waals surface area contributed by atoms with Gasteiger partial charge in [-0.3, -0.25) is 0 Å². The van der Waals surface area contributed by atoms with Gasteiger partial charge in [-0.15, -0.1) is 0 Å². The van der Waals surface area contributed by atoms with Crippen LogP contribution < -0.4 is 4.90 Å². The predicted octanol–water partition coefficient (Wildman–Crippen LogP) is 3.10. The lowest BCUT2D eigenvalue weighted by Gasteiger charge is -2.25. The van der Waals surface area contributed by atoms with E-state index in [9.17, 15) is 0 Å². The highest BCUT2D eigenvalue weighted by Gasteiger charge is 2.14. The van der Waals surface area contributed by atoms with Crippen LogP contribution >= 0.6 is 27.5 Å². The molecule has 0 saturated carbocycles. The molecule has 1 aromatic rings. The lowest BCUT2D eigenvalue weighted by atomic mass is 10.3. The van der Waals surface area contributed by atoms with E-state index < -0.39 is 0 Å². The summed E-state index contributed by atoms with van der Waals surface area (Å²) in [7, 11) is 0. The lowest BCUT2D eigenvalue weighted by Crippen LogP contribution is -2.31. The fourth-order valence-electron chi connectivity index (χ4n) is 1.31. The minimum absolute atomic E-state index is 0.488. The number of aromatic nitrogens is 2. The van der Waals surface area contributed by atoms with Gasteiger partial charge in [-0.1, -0.05) is 22.9 Å². The fourth-order valence-corrected chi connectivity index (χ4v) is 2.47. The first-order valence-corrected chi connectivity index (χ1v) is 7.23. The third-order valence-corrected chi connectivity index (χ3v) is 3.53. The summed E-state index contributed by atoms with van der Waals surface area (Å²) in [6.45, 7) is 7.52. The summed E-state index contributed by atoms with van der Waals surface area (Å²) >= 11 is 4.97. The van der Waals surface area contributed by atoms with Crippen molar-refractivity contribution in [2.75, 3.05) is 16.8 Å². The van der Waals surface area contributed by atoms with Crippen LogP contribution in [-0.4, -0.2) is 27.3 Å². The van der Waals surface area contributed by atoms with E-state index >= 15 is 0 Å². The third kappa shape index (κ3) is 3.72. The Hall–Kier alpha value is -0.160. The maximum atomic E-state index is 4.52. The Labute approximate surface area is 104 Å². The van der Waals surface area contributed by atoms with Crippen LogP contribution in [0.5, 0.6) is 0 Å². The highest BCUT2D eigenvalue weighted by molar-refractivity contribution is 9.09. The molecule has 0 radical (unpaired) electrons. The van der Waals surface area contributed by atoms with Crippen molar-refractivity contribution < 1.29 is 0 Å². The van der Waals surface area contributed by atoms with Crippen molar-refractivity contribution in [1.29, 1.82) is 0 Å². The van der Waals surface area contributed by atoms with Crippen molar-refractivity contribution in [3.8, 4) is 0 Å². The Morgan fingerprint density at radius 2 is 2.20 bits per heavy atom. The van der Waals surface area contributed by atoms with Crippen LogP contribution in [0.3, 0.4) is 0 Å². The molecule has 0 saturated heterocycles. The average molecular weight is 292 g/mol. The molecular formula is C10H18BrN3S. The number of nitrogens with zero attached hydrogens (tertiary/aromatic N) is 3. The minimum atomic E-state index is 0.488. The molecule has 0 aliphatic heterocycles. The number of hydrogen-bond acceptors (Lipinski definition) is 4. The van der Waals surface area contributed by atoms with E-state index in [1.165, 1.54) is 11.5 Å². The van der Waals surface area contributed by atoms with Crippen LogP contribution in [0.25, 0.3) is 0 Å². The van der Waals surface area contributed by atoms with Crippen molar-refractivity contribution in [3.05, 3.63) is 5.82 Å². The van der Waals surface area contributed by atoms with Crippen LogP contribution in [-0.2, 0) is 6.42 Å². The summed E-state index contributed by atoms with van der Waals surface area (Å²) in [5.74, 6) is 0.958. The van der Waals surface area contributed by atoms with Crippen LogP contribution in [0.15, 0.2) is 0 Å². The van der Waals surface area contributed by atoms with E-state index in [2.05, 4.69) is 51.0 Å². The molecule has 0 N–H and O–H groups in total. The lowest BCUT2D eigenvalue weighted by molar-refractivity contribution is 0.670. The smallest absolute Gasteiger partial charge is 0.205 e. The zero-order valence-electron chi connectivity index (χ0n) is 9.53. The Morgan fingerprint density at radius 3 is 2.67 bits per heavy atom. The maximum absolute atomic E-state index is 4.52. The second kappa shape index (κ2) is 6.43. The topological polar surface area (TPSA) is 29.0 Å². The predicted molar refractivity (Wildman–Crippen MR) is 70.2 cm³/mol. The van der Waals surface area contributed by atoms with Crippen molar-refractivity contribution >= 4 is 32.6 Å². The zero-order valence-corrected chi connectivity index (χ0v) is 11.9. The van der Waals surface area contributed by atoms with Crippen molar-refractivity contribution in [2.24, 2.45) is 0 Å². The SMILES string of the molecule is CCc1nsc(N(CCCBr)C(C)C)n1. The highest BCUT2D eigenvalue weighted by atomic mass is 79.9. The summed E-state index contributed by atoms with van der Waals surface area (Å²) in [5.41, 5.74) is 0. The van der Waals surface area contributed by atoms with Crippen molar-refractivity contribution in [1.82, 2.24) is 9.36 Å². The number of halogens is 1. The van der Waals surface area contributed by atoms with Gasteiger partial charge >= 0.3 is 0 Å². The van der Waals surface area contributed by atoms with E-state index in [1.54, 1.807) is 0 Å². The molecule has 0 aliphatic rings. The van der Waals surface area contributed by atoms with Gasteiger partial charge in [0.15, 0.2) is 0 Å². The molecule has 0 unspecified atom stereocenters.